The Kier molecular flexibility index (Phi) is 4.74. The minimum absolute atomic E-state index is 0.159. The second kappa shape index (κ2) is 6.73. The highest BCUT2D eigenvalue weighted by Crippen LogP contribution is 2.08. The molecule has 1 heteroatoms. The molecule has 1 nitrogen and oxygen atoms in total. The van der Waals surface area contributed by atoms with Gasteiger partial charge in [0.15, 0.2) is 5.78 Å². The zero-order chi connectivity index (χ0) is 14.4. The van der Waals surface area contributed by atoms with Crippen molar-refractivity contribution >= 4 is 5.78 Å². The van der Waals surface area contributed by atoms with Gasteiger partial charge in [0.2, 0.25) is 0 Å². The highest BCUT2D eigenvalue weighted by Gasteiger charge is 2.03. The monoisotopic (exact) mass is 262 g/mol. The molecule has 0 atom stereocenters. The van der Waals surface area contributed by atoms with Crippen LogP contribution in [0, 0.1) is 25.7 Å². The van der Waals surface area contributed by atoms with Gasteiger partial charge in [-0.3, -0.25) is 4.79 Å². The fourth-order valence-electron chi connectivity index (χ4n) is 1.94. The molecule has 0 amide bonds. The molecule has 0 aliphatic heterocycles. The second-order valence-corrected chi connectivity index (χ2v) is 4.96. The quantitative estimate of drug-likeness (QED) is 0.595. The fraction of sp³-hybridized carbons (Fsp3) is 0.211. The summed E-state index contributed by atoms with van der Waals surface area (Å²) in [6, 6.07) is 15.8. The normalized spacial score (nSPS) is 9.70. The van der Waals surface area contributed by atoms with Gasteiger partial charge in [-0.2, -0.15) is 0 Å². The standard InChI is InChI=1S/C19H18O/c1-15-10-12-17(13-11-15)7-3-4-9-19(20)18-8-5-6-16(2)14-18/h5-6,8,10-14H,4,9H2,1-2H3. The van der Waals surface area contributed by atoms with Crippen LogP contribution in [0.15, 0.2) is 48.5 Å². The van der Waals surface area contributed by atoms with Crippen molar-refractivity contribution in [3.8, 4) is 11.8 Å². The van der Waals surface area contributed by atoms with E-state index in [9.17, 15) is 4.79 Å². The van der Waals surface area contributed by atoms with Crippen LogP contribution in [0.5, 0.6) is 0 Å². The van der Waals surface area contributed by atoms with Gasteiger partial charge in [-0.1, -0.05) is 53.3 Å². The number of hydrogen-bond acceptors (Lipinski definition) is 1. The van der Waals surface area contributed by atoms with E-state index >= 15 is 0 Å². The van der Waals surface area contributed by atoms with Crippen LogP contribution in [-0.2, 0) is 0 Å². The molecule has 0 fully saturated rings. The lowest BCUT2D eigenvalue weighted by Gasteiger charge is -1.99. The number of carbonyl (C=O) groups excluding carboxylic acids is 1. The molecule has 0 aliphatic carbocycles. The van der Waals surface area contributed by atoms with Crippen LogP contribution in [-0.4, -0.2) is 5.78 Å². The molecule has 0 unspecified atom stereocenters. The van der Waals surface area contributed by atoms with Gasteiger partial charge in [0.1, 0.15) is 0 Å². The van der Waals surface area contributed by atoms with Crippen LogP contribution in [0.3, 0.4) is 0 Å². The molecule has 2 rings (SSSR count). The second-order valence-electron chi connectivity index (χ2n) is 4.96. The summed E-state index contributed by atoms with van der Waals surface area (Å²) in [5, 5.41) is 0. The first kappa shape index (κ1) is 14.1. The van der Waals surface area contributed by atoms with Gasteiger partial charge < -0.3 is 0 Å². The van der Waals surface area contributed by atoms with Crippen LogP contribution < -0.4 is 0 Å². The van der Waals surface area contributed by atoms with Crippen LogP contribution >= 0.6 is 0 Å². The summed E-state index contributed by atoms with van der Waals surface area (Å²) in [7, 11) is 0. The number of Topliss-reactive ketones (excluding diaryl/α,β-unsaturated/α-hetero) is 1. The van der Waals surface area contributed by atoms with Gasteiger partial charge in [-0.05, 0) is 32.0 Å². The third kappa shape index (κ3) is 4.10. The van der Waals surface area contributed by atoms with Crippen LogP contribution in [0.1, 0.15) is 39.9 Å². The Morgan fingerprint density at radius 2 is 1.75 bits per heavy atom. The average molecular weight is 262 g/mol. The number of benzene rings is 2. The SMILES string of the molecule is Cc1ccc(C#CCCC(=O)c2cccc(C)c2)cc1. The third-order valence-corrected chi connectivity index (χ3v) is 3.10. The van der Waals surface area contributed by atoms with Crippen LogP contribution in [0.4, 0.5) is 0 Å². The lowest BCUT2D eigenvalue weighted by molar-refractivity contribution is 0.0984. The highest BCUT2D eigenvalue weighted by atomic mass is 16.1. The van der Waals surface area contributed by atoms with E-state index in [2.05, 4.69) is 18.8 Å². The Labute approximate surface area is 120 Å². The van der Waals surface area contributed by atoms with E-state index in [0.717, 1.165) is 16.7 Å². The summed E-state index contributed by atoms with van der Waals surface area (Å²) in [4.78, 5) is 12.0. The molecule has 100 valence electrons. The number of ketones is 1. The lowest BCUT2D eigenvalue weighted by atomic mass is 10.0. The molecule has 2 aromatic carbocycles. The first-order valence-electron chi connectivity index (χ1n) is 6.80. The molecule has 0 spiro atoms. The average Bonchev–Trinajstić information content (AvgIpc) is 2.45. The number of aryl methyl sites for hydroxylation is 2. The molecule has 0 saturated carbocycles. The van der Waals surface area contributed by atoms with E-state index in [-0.39, 0.29) is 5.78 Å². The summed E-state index contributed by atoms with van der Waals surface area (Å²) >= 11 is 0. The first-order valence-corrected chi connectivity index (χ1v) is 6.80. The molecule has 0 saturated heterocycles. The minimum Gasteiger partial charge on any atom is -0.294 e. The van der Waals surface area contributed by atoms with E-state index in [1.165, 1.54) is 5.56 Å². The van der Waals surface area contributed by atoms with Crippen molar-refractivity contribution in [1.82, 2.24) is 0 Å². The van der Waals surface area contributed by atoms with Crippen molar-refractivity contribution in [2.24, 2.45) is 0 Å². The zero-order valence-corrected chi connectivity index (χ0v) is 11.9. The zero-order valence-electron chi connectivity index (χ0n) is 11.9. The molecule has 20 heavy (non-hydrogen) atoms. The maximum Gasteiger partial charge on any atom is 0.163 e. The molecule has 0 radical (unpaired) electrons. The topological polar surface area (TPSA) is 17.1 Å². The van der Waals surface area contributed by atoms with Gasteiger partial charge in [0.05, 0.1) is 0 Å². The summed E-state index contributed by atoms with van der Waals surface area (Å²) in [5.41, 5.74) is 4.12. The Bertz CT molecular complexity index is 654. The molecule has 0 bridgehead atoms. The Morgan fingerprint density at radius 1 is 1.00 bits per heavy atom. The van der Waals surface area contributed by atoms with Crippen molar-refractivity contribution in [3.05, 3.63) is 70.8 Å². The van der Waals surface area contributed by atoms with Crippen molar-refractivity contribution in [2.45, 2.75) is 26.7 Å². The van der Waals surface area contributed by atoms with Gasteiger partial charge in [-0.25, -0.2) is 0 Å². The van der Waals surface area contributed by atoms with Crippen molar-refractivity contribution in [3.63, 3.8) is 0 Å². The maximum atomic E-state index is 12.0. The smallest absolute Gasteiger partial charge is 0.163 e. The molecule has 0 aliphatic rings. The molecule has 0 heterocycles. The molecule has 2 aromatic rings. The predicted molar refractivity (Wildman–Crippen MR) is 82.8 cm³/mol. The fourth-order valence-corrected chi connectivity index (χ4v) is 1.94. The van der Waals surface area contributed by atoms with E-state index < -0.39 is 0 Å². The molecule has 0 N–H and O–H groups in total. The summed E-state index contributed by atoms with van der Waals surface area (Å²) in [6.45, 7) is 4.05. The summed E-state index contributed by atoms with van der Waals surface area (Å²) in [5.74, 6) is 6.31. The number of hydrogen-bond donors (Lipinski definition) is 0. The lowest BCUT2D eigenvalue weighted by Crippen LogP contribution is -1.98. The number of rotatable bonds is 3. The molecule has 0 aromatic heterocycles. The maximum absolute atomic E-state index is 12.0. The Balaban J connectivity index is 1.90. The summed E-state index contributed by atoms with van der Waals surface area (Å²) in [6.07, 6.45) is 1.07. The van der Waals surface area contributed by atoms with Gasteiger partial charge >= 0.3 is 0 Å². The van der Waals surface area contributed by atoms with Crippen molar-refractivity contribution < 1.29 is 4.79 Å². The minimum atomic E-state index is 0.159. The van der Waals surface area contributed by atoms with E-state index in [1.807, 2.05) is 55.5 Å². The van der Waals surface area contributed by atoms with Crippen LogP contribution in [0.25, 0.3) is 0 Å². The van der Waals surface area contributed by atoms with Crippen molar-refractivity contribution in [1.29, 1.82) is 0 Å². The highest BCUT2D eigenvalue weighted by molar-refractivity contribution is 5.96. The van der Waals surface area contributed by atoms with Gasteiger partial charge in [0.25, 0.3) is 0 Å². The van der Waals surface area contributed by atoms with Crippen LogP contribution in [0.2, 0.25) is 0 Å². The van der Waals surface area contributed by atoms with E-state index in [4.69, 9.17) is 0 Å². The van der Waals surface area contributed by atoms with Gasteiger partial charge in [0, 0.05) is 24.0 Å². The Hall–Kier alpha value is -2.33. The van der Waals surface area contributed by atoms with Crippen molar-refractivity contribution in [2.75, 3.05) is 0 Å². The van der Waals surface area contributed by atoms with E-state index in [1.54, 1.807) is 0 Å². The van der Waals surface area contributed by atoms with Gasteiger partial charge in [-0.15, -0.1) is 0 Å². The van der Waals surface area contributed by atoms with E-state index in [0.29, 0.717) is 12.8 Å². The predicted octanol–water partition coefficient (Wildman–Crippen LogP) is 4.32. The molecular weight excluding hydrogens is 244 g/mol. The first-order chi connectivity index (χ1) is 9.65. The number of carbonyl (C=O) groups is 1. The third-order valence-electron chi connectivity index (χ3n) is 3.10. The largest absolute Gasteiger partial charge is 0.294 e. The molecular formula is C19H18O. The Morgan fingerprint density at radius 3 is 2.45 bits per heavy atom. The summed E-state index contributed by atoms with van der Waals surface area (Å²) < 4.78 is 0.